The second-order valence-corrected chi connectivity index (χ2v) is 28.2. The van der Waals surface area contributed by atoms with Crippen LogP contribution in [0.3, 0.4) is 0 Å². The Hall–Kier alpha value is -5.47. The van der Waals surface area contributed by atoms with E-state index in [1.54, 1.807) is 101 Å². The molecule has 0 N–H and O–H groups in total. The summed E-state index contributed by atoms with van der Waals surface area (Å²) in [5.41, 5.74) is -3.30. The van der Waals surface area contributed by atoms with E-state index in [2.05, 4.69) is 23.7 Å². The average Bonchev–Trinajstić information content (AvgIpc) is 0.750. The minimum absolute atomic E-state index is 0.311. The first-order valence-corrected chi connectivity index (χ1v) is 32.4. The third-order valence-corrected chi connectivity index (χ3v) is 19.1. The molecule has 0 spiro atoms. The largest absolute Gasteiger partial charge is 0.469 e. The minimum Gasteiger partial charge on any atom is -0.469 e. The van der Waals surface area contributed by atoms with Crippen molar-refractivity contribution in [1.29, 1.82) is 0 Å². The molecule has 93 heavy (non-hydrogen) atoms. The Morgan fingerprint density at radius 3 is 0.935 bits per heavy atom. The van der Waals surface area contributed by atoms with Gasteiger partial charge in [0, 0.05) is 0 Å². The highest BCUT2D eigenvalue weighted by molar-refractivity contribution is 5.85. The summed E-state index contributed by atoms with van der Waals surface area (Å²) < 4.78 is 180. The van der Waals surface area contributed by atoms with E-state index < -0.39 is 164 Å². The fourth-order valence-corrected chi connectivity index (χ4v) is 13.1. The number of esters is 9. The maximum Gasteiger partial charge on any atom is 0.377 e. The third-order valence-electron chi connectivity index (χ3n) is 19.1. The van der Waals surface area contributed by atoms with E-state index in [-0.39, 0.29) is 6.61 Å². The van der Waals surface area contributed by atoms with E-state index in [1.807, 2.05) is 0 Å². The van der Waals surface area contributed by atoms with E-state index in [4.69, 9.17) is 18.9 Å². The second kappa shape index (κ2) is 33.5. The molecule has 9 rings (SSSR count). The van der Waals surface area contributed by atoms with Crippen LogP contribution in [0.25, 0.3) is 0 Å². The van der Waals surface area contributed by atoms with Crippen molar-refractivity contribution in [3.05, 3.63) is 0 Å². The number of carbonyl (C=O) groups is 9. The zero-order valence-corrected chi connectivity index (χ0v) is 55.3. The molecule has 0 aliphatic heterocycles. The van der Waals surface area contributed by atoms with Crippen LogP contribution >= 0.6 is 0 Å². The van der Waals surface area contributed by atoms with Crippen molar-refractivity contribution in [3.8, 4) is 0 Å². The molecule has 0 aromatic rings. The van der Waals surface area contributed by atoms with E-state index in [0.717, 1.165) is 32.8 Å². The van der Waals surface area contributed by atoms with Crippen LogP contribution in [0.5, 0.6) is 0 Å². The number of carbonyl (C=O) groups excluding carboxylic acids is 9. The third kappa shape index (κ3) is 24.3. The number of alkyl halides is 10. The van der Waals surface area contributed by atoms with Gasteiger partial charge in [-0.05, 0) is 205 Å². The lowest BCUT2D eigenvalue weighted by Gasteiger charge is -2.55. The number of halogens is 10. The maximum absolute atomic E-state index is 14.4. The summed E-state index contributed by atoms with van der Waals surface area (Å²) in [6.07, 6.45) is 11.8. The van der Waals surface area contributed by atoms with Crippen LogP contribution < -0.4 is 0 Å². The summed E-state index contributed by atoms with van der Waals surface area (Å²) in [5.74, 6) is -30.0. The monoisotopic (exact) mass is 1350 g/mol. The maximum atomic E-state index is 14.4. The zero-order chi connectivity index (χ0) is 70.2. The standard InChI is InChI=1S/C23H32F4O6.C19H28F4O6.C13H20F2O6.C10H16/c1-4-20(2,3)17(28)31-5-6-32-18(29)22(24,25)13-23(26,27)19(30)33-21-10-14-7-15(11-21)9-16(8-14)12-21;1-4-17(2,3)14(24)27-10-11-28-15(25)18(20,21)12-19(22,23)16(26)29-13-8-6-5-7-9-13;1-5-12(2,3)10(17)20-6-7-21-11(18)13(14,15)8-9(16)19-4;1-7-2-9-4-8(1)5-10(3-7)6-9/h14-16H,4-13H2,1-3H3;13H,4-12H2,1-3H3;5-8H2,1-4H3;7-10H,1-6H2. The molecule has 0 aromatic carbocycles. The number of methoxy groups -OCH3 is 1. The van der Waals surface area contributed by atoms with Gasteiger partial charge in [-0.2, -0.15) is 43.9 Å². The molecular weight excluding hydrogens is 1260 g/mol. The minimum atomic E-state index is -4.61. The van der Waals surface area contributed by atoms with Crippen LogP contribution in [0.2, 0.25) is 0 Å². The van der Waals surface area contributed by atoms with Crippen molar-refractivity contribution in [2.45, 2.75) is 251 Å². The van der Waals surface area contributed by atoms with Gasteiger partial charge in [0.05, 0.1) is 36.2 Å². The van der Waals surface area contributed by atoms with Gasteiger partial charge < -0.3 is 42.6 Å². The van der Waals surface area contributed by atoms with Gasteiger partial charge in [-0.3, -0.25) is 19.2 Å². The lowest BCUT2D eigenvalue weighted by molar-refractivity contribution is -0.220. The topological polar surface area (TPSA) is 237 Å². The predicted molar refractivity (Wildman–Crippen MR) is 310 cm³/mol. The summed E-state index contributed by atoms with van der Waals surface area (Å²) >= 11 is 0. The summed E-state index contributed by atoms with van der Waals surface area (Å²) in [4.78, 5) is 104. The normalized spacial score (nSPS) is 24.2. The summed E-state index contributed by atoms with van der Waals surface area (Å²) in [6, 6.07) is 0. The lowest BCUT2D eigenvalue weighted by Crippen LogP contribution is -2.55. The Labute approximate surface area is 537 Å². The molecule has 0 atom stereocenters. The van der Waals surface area contributed by atoms with Gasteiger partial charge in [0.15, 0.2) is 0 Å². The van der Waals surface area contributed by atoms with Gasteiger partial charge >= 0.3 is 83.3 Å². The molecule has 0 radical (unpaired) electrons. The molecule has 28 heteroatoms. The van der Waals surface area contributed by atoms with Crippen LogP contribution in [0, 0.1) is 57.7 Å². The Balaban J connectivity index is 0.000000280. The molecule has 9 aliphatic carbocycles. The van der Waals surface area contributed by atoms with Gasteiger partial charge in [0.25, 0.3) is 0 Å². The smallest absolute Gasteiger partial charge is 0.377 e. The first kappa shape index (κ1) is 80.0. The van der Waals surface area contributed by atoms with Crippen molar-refractivity contribution in [2.24, 2.45) is 57.7 Å². The fourth-order valence-electron chi connectivity index (χ4n) is 13.1. The molecule has 8 bridgehead atoms. The molecule has 0 heterocycles. The summed E-state index contributed by atoms with van der Waals surface area (Å²) in [6.45, 7) is 11.9. The van der Waals surface area contributed by atoms with Gasteiger partial charge in [0.1, 0.15) is 57.8 Å². The first-order chi connectivity index (χ1) is 43.0. The van der Waals surface area contributed by atoms with Gasteiger partial charge in [-0.15, -0.1) is 0 Å². The molecule has 0 aromatic heterocycles. The van der Waals surface area contributed by atoms with E-state index in [0.29, 0.717) is 82.0 Å². The second-order valence-electron chi connectivity index (χ2n) is 28.2. The van der Waals surface area contributed by atoms with Crippen LogP contribution in [0.15, 0.2) is 0 Å². The zero-order valence-electron chi connectivity index (χ0n) is 55.3. The fraction of sp³-hybridized carbons (Fsp3) is 0.862. The van der Waals surface area contributed by atoms with Crippen molar-refractivity contribution in [2.75, 3.05) is 46.8 Å². The first-order valence-electron chi connectivity index (χ1n) is 32.4. The van der Waals surface area contributed by atoms with Crippen molar-refractivity contribution in [3.63, 3.8) is 0 Å². The van der Waals surface area contributed by atoms with Crippen LogP contribution in [0.1, 0.15) is 210 Å². The van der Waals surface area contributed by atoms with Crippen LogP contribution in [0.4, 0.5) is 43.9 Å². The molecule has 0 amide bonds. The van der Waals surface area contributed by atoms with E-state index >= 15 is 0 Å². The van der Waals surface area contributed by atoms with Crippen LogP contribution in [-0.2, 0) is 85.8 Å². The number of rotatable bonds is 28. The lowest BCUT2D eigenvalue weighted by atomic mass is 9.54. The number of hydrogen-bond acceptors (Lipinski definition) is 18. The Morgan fingerprint density at radius 2 is 0.634 bits per heavy atom. The Bertz CT molecular complexity index is 2460. The highest BCUT2D eigenvalue weighted by Gasteiger charge is 2.60. The highest BCUT2D eigenvalue weighted by Crippen LogP contribution is 2.58. The Morgan fingerprint density at radius 1 is 0.366 bits per heavy atom. The molecular formula is C65H96F10O18. The van der Waals surface area contributed by atoms with Crippen molar-refractivity contribution >= 4 is 53.7 Å². The summed E-state index contributed by atoms with van der Waals surface area (Å²) in [5, 5.41) is 0. The SMILES string of the molecule is C1C2CC3CC1CC(C2)C3.CCC(C)(C)C(=O)OCCOC(=O)C(F)(F)CC(=O)OC.CCC(C)(C)C(=O)OCCOC(=O)C(F)(F)CC(F)(F)C(=O)OC12CC3CC(CC(C3)C1)C2.CCC(C)(C)C(=O)OCCOC(=O)C(F)(F)CC(F)(F)C(=O)OC1CCCCC1. The summed E-state index contributed by atoms with van der Waals surface area (Å²) in [7, 11) is 0.929. The quantitative estimate of drug-likeness (QED) is 0.0306. The van der Waals surface area contributed by atoms with E-state index in [9.17, 15) is 87.1 Å². The number of ether oxygens (including phenoxy) is 9. The van der Waals surface area contributed by atoms with Crippen LogP contribution in [-0.4, -0.2) is 142 Å². The van der Waals surface area contributed by atoms with E-state index in [1.165, 1.54) is 23.7 Å². The molecule has 9 saturated carbocycles. The van der Waals surface area contributed by atoms with Gasteiger partial charge in [-0.25, -0.2) is 24.0 Å². The average molecular weight is 1360 g/mol. The molecule has 9 fully saturated rings. The van der Waals surface area contributed by atoms with Crippen molar-refractivity contribution in [1.82, 2.24) is 0 Å². The van der Waals surface area contributed by atoms with Gasteiger partial charge in [-0.1, -0.05) is 27.2 Å². The van der Waals surface area contributed by atoms with Crippen molar-refractivity contribution < 1.29 is 130 Å². The Kier molecular flexibility index (Phi) is 28.8. The molecule has 0 saturated heterocycles. The number of hydrogen-bond donors (Lipinski definition) is 0. The predicted octanol–water partition coefficient (Wildman–Crippen LogP) is 13.3. The molecule has 18 nitrogen and oxygen atoms in total. The molecule has 534 valence electrons. The highest BCUT2D eigenvalue weighted by atomic mass is 19.3. The molecule has 0 unspecified atom stereocenters. The molecule has 9 aliphatic rings. The van der Waals surface area contributed by atoms with Gasteiger partial charge in [0.2, 0.25) is 0 Å².